The summed E-state index contributed by atoms with van der Waals surface area (Å²) >= 11 is 0. The van der Waals surface area contributed by atoms with Crippen LogP contribution in [0.2, 0.25) is 0 Å². The van der Waals surface area contributed by atoms with Gasteiger partial charge in [0.15, 0.2) is 0 Å². The number of amides is 2. The summed E-state index contributed by atoms with van der Waals surface area (Å²) < 4.78 is 10.5. The summed E-state index contributed by atoms with van der Waals surface area (Å²) in [5.41, 5.74) is 0.451. The van der Waals surface area contributed by atoms with Gasteiger partial charge < -0.3 is 25.0 Å². The summed E-state index contributed by atoms with van der Waals surface area (Å²) in [6, 6.07) is 4.83. The number of hydrogen-bond donors (Lipinski definition) is 2. The highest BCUT2D eigenvalue weighted by Crippen LogP contribution is 2.28. The summed E-state index contributed by atoms with van der Waals surface area (Å²) in [6.07, 6.45) is 3.55. The molecule has 0 saturated carbocycles. The zero-order valence-electron chi connectivity index (χ0n) is 15.8. The van der Waals surface area contributed by atoms with Gasteiger partial charge in [0.1, 0.15) is 17.5 Å². The number of ether oxygens (including phenoxy) is 2. The largest absolute Gasteiger partial charge is 0.497 e. The van der Waals surface area contributed by atoms with Crippen molar-refractivity contribution < 1.29 is 19.1 Å². The number of likely N-dealkylation sites (tertiary alicyclic amines) is 1. The first kappa shape index (κ1) is 21.3. The van der Waals surface area contributed by atoms with E-state index in [1.165, 1.54) is 7.11 Å². The molecule has 1 unspecified atom stereocenters. The molecule has 2 fully saturated rings. The molecule has 3 rings (SSSR count). The van der Waals surface area contributed by atoms with Crippen molar-refractivity contribution in [2.24, 2.45) is 0 Å². The molecule has 150 valence electrons. The van der Waals surface area contributed by atoms with Crippen LogP contribution in [0.15, 0.2) is 18.2 Å². The first-order valence-corrected chi connectivity index (χ1v) is 9.18. The first-order chi connectivity index (χ1) is 12.6. The smallest absolute Gasteiger partial charge is 0.258 e. The molecule has 2 heterocycles. The average molecular weight is 398 g/mol. The number of carbonyl (C=O) groups is 2. The average Bonchev–Trinajstić information content (AvgIpc) is 3.17. The van der Waals surface area contributed by atoms with E-state index < -0.39 is 6.04 Å². The van der Waals surface area contributed by atoms with Gasteiger partial charge >= 0.3 is 0 Å². The Labute approximate surface area is 166 Å². The molecule has 0 aromatic heterocycles. The summed E-state index contributed by atoms with van der Waals surface area (Å²) in [4.78, 5) is 27.4. The highest BCUT2D eigenvalue weighted by molar-refractivity contribution is 6.00. The van der Waals surface area contributed by atoms with Crippen molar-refractivity contribution in [2.75, 3.05) is 33.9 Å². The third-order valence-electron chi connectivity index (χ3n) is 5.10. The van der Waals surface area contributed by atoms with Crippen LogP contribution in [-0.4, -0.2) is 62.7 Å². The number of nitrogens with one attached hydrogen (secondary N) is 2. The van der Waals surface area contributed by atoms with E-state index in [0.717, 1.165) is 32.4 Å². The maximum absolute atomic E-state index is 13.0. The van der Waals surface area contributed by atoms with Crippen molar-refractivity contribution in [3.05, 3.63) is 23.8 Å². The van der Waals surface area contributed by atoms with Crippen LogP contribution in [-0.2, 0) is 4.79 Å². The highest BCUT2D eigenvalue weighted by atomic mass is 35.5. The molecule has 8 heteroatoms. The van der Waals surface area contributed by atoms with Gasteiger partial charge in [-0.1, -0.05) is 0 Å². The Morgan fingerprint density at radius 2 is 2.00 bits per heavy atom. The van der Waals surface area contributed by atoms with Crippen LogP contribution in [0.3, 0.4) is 0 Å². The Kier molecular flexibility index (Phi) is 7.74. The van der Waals surface area contributed by atoms with E-state index in [-0.39, 0.29) is 30.3 Å². The standard InChI is InChI=1S/C19H27N3O4.ClH/c1-25-14-7-8-15(17(11-14)26-2)19(24)22-10-4-6-16(22)18(23)21-13-5-3-9-20-12-13;/h7-8,11,13,16,20H,3-6,9-10,12H2,1-2H3,(H,21,23);1H/t13-,16?;/m0./s1. The number of hydrogen-bond acceptors (Lipinski definition) is 5. The minimum Gasteiger partial charge on any atom is -0.497 e. The zero-order valence-corrected chi connectivity index (χ0v) is 16.6. The fourth-order valence-corrected chi connectivity index (χ4v) is 3.68. The normalized spacial score (nSPS) is 21.9. The van der Waals surface area contributed by atoms with Gasteiger partial charge in [0.25, 0.3) is 5.91 Å². The van der Waals surface area contributed by atoms with E-state index in [1.807, 2.05) is 0 Å². The van der Waals surface area contributed by atoms with Crippen molar-refractivity contribution in [2.45, 2.75) is 37.8 Å². The molecule has 0 aliphatic carbocycles. The first-order valence-electron chi connectivity index (χ1n) is 9.18. The second-order valence-electron chi connectivity index (χ2n) is 6.77. The van der Waals surface area contributed by atoms with Crippen LogP contribution in [0.5, 0.6) is 11.5 Å². The summed E-state index contributed by atoms with van der Waals surface area (Å²) in [6.45, 7) is 2.37. The third-order valence-corrected chi connectivity index (χ3v) is 5.10. The Balaban J connectivity index is 0.00000261. The minimum absolute atomic E-state index is 0. The maximum atomic E-state index is 13.0. The fourth-order valence-electron chi connectivity index (χ4n) is 3.68. The molecule has 2 aliphatic rings. The van der Waals surface area contributed by atoms with Gasteiger partial charge in [-0.15, -0.1) is 12.4 Å². The molecule has 1 aromatic carbocycles. The second kappa shape index (κ2) is 9.80. The molecule has 2 aliphatic heterocycles. The van der Waals surface area contributed by atoms with Crippen LogP contribution >= 0.6 is 12.4 Å². The van der Waals surface area contributed by atoms with E-state index in [1.54, 1.807) is 30.2 Å². The van der Waals surface area contributed by atoms with Crippen molar-refractivity contribution >= 4 is 24.2 Å². The lowest BCUT2D eigenvalue weighted by atomic mass is 10.1. The molecule has 1 aromatic rings. The number of carbonyl (C=O) groups excluding carboxylic acids is 2. The number of halogens is 1. The lowest BCUT2D eigenvalue weighted by Gasteiger charge is -2.29. The SMILES string of the molecule is COc1ccc(C(=O)N2CCCC2C(=O)N[C@H]2CCCNC2)c(OC)c1.Cl. The van der Waals surface area contributed by atoms with Crippen LogP contribution in [0.4, 0.5) is 0 Å². The van der Waals surface area contributed by atoms with Crippen molar-refractivity contribution in [1.82, 2.24) is 15.5 Å². The molecule has 2 atom stereocenters. The number of methoxy groups -OCH3 is 2. The molecule has 0 radical (unpaired) electrons. The molecule has 27 heavy (non-hydrogen) atoms. The molecule has 0 spiro atoms. The van der Waals surface area contributed by atoms with E-state index in [0.29, 0.717) is 30.0 Å². The van der Waals surface area contributed by atoms with Gasteiger partial charge in [-0.2, -0.15) is 0 Å². The number of piperidine rings is 1. The predicted octanol–water partition coefficient (Wildman–Crippen LogP) is 1.60. The summed E-state index contributed by atoms with van der Waals surface area (Å²) in [5.74, 6) is 0.844. The Bertz CT molecular complexity index is 664. The lowest BCUT2D eigenvalue weighted by Crippen LogP contribution is -2.52. The van der Waals surface area contributed by atoms with Crippen LogP contribution in [0.25, 0.3) is 0 Å². The van der Waals surface area contributed by atoms with Crippen molar-refractivity contribution in [1.29, 1.82) is 0 Å². The molecule has 7 nitrogen and oxygen atoms in total. The maximum Gasteiger partial charge on any atom is 0.258 e. The predicted molar refractivity (Wildman–Crippen MR) is 105 cm³/mol. The molecule has 2 amide bonds. The third kappa shape index (κ3) is 4.84. The second-order valence-corrected chi connectivity index (χ2v) is 6.77. The van der Waals surface area contributed by atoms with E-state index >= 15 is 0 Å². The molecule has 2 saturated heterocycles. The highest BCUT2D eigenvalue weighted by Gasteiger charge is 2.36. The number of rotatable bonds is 5. The lowest BCUT2D eigenvalue weighted by molar-refractivity contribution is -0.125. The van der Waals surface area contributed by atoms with Gasteiger partial charge in [-0.25, -0.2) is 0 Å². The van der Waals surface area contributed by atoms with E-state index in [9.17, 15) is 9.59 Å². The Hall–Kier alpha value is -1.99. The topological polar surface area (TPSA) is 79.9 Å². The number of nitrogens with zero attached hydrogens (tertiary/aromatic N) is 1. The molecular weight excluding hydrogens is 370 g/mol. The summed E-state index contributed by atoms with van der Waals surface area (Å²) in [7, 11) is 3.09. The van der Waals surface area contributed by atoms with Gasteiger partial charge in [0.2, 0.25) is 5.91 Å². The molecule has 0 bridgehead atoms. The summed E-state index contributed by atoms with van der Waals surface area (Å²) in [5, 5.41) is 6.39. The monoisotopic (exact) mass is 397 g/mol. The van der Waals surface area contributed by atoms with Gasteiger partial charge in [0, 0.05) is 25.2 Å². The van der Waals surface area contributed by atoms with Crippen molar-refractivity contribution in [3.63, 3.8) is 0 Å². The van der Waals surface area contributed by atoms with Gasteiger partial charge in [-0.3, -0.25) is 9.59 Å². The van der Waals surface area contributed by atoms with E-state index in [2.05, 4.69) is 10.6 Å². The fraction of sp³-hybridized carbons (Fsp3) is 0.579. The molecule has 2 N–H and O–H groups in total. The van der Waals surface area contributed by atoms with Crippen LogP contribution < -0.4 is 20.1 Å². The van der Waals surface area contributed by atoms with Gasteiger partial charge in [0.05, 0.1) is 19.8 Å². The number of benzene rings is 1. The van der Waals surface area contributed by atoms with Crippen LogP contribution in [0.1, 0.15) is 36.0 Å². The zero-order chi connectivity index (χ0) is 18.5. The van der Waals surface area contributed by atoms with Crippen molar-refractivity contribution in [3.8, 4) is 11.5 Å². The Morgan fingerprint density at radius 3 is 2.67 bits per heavy atom. The van der Waals surface area contributed by atoms with Gasteiger partial charge in [-0.05, 0) is 44.4 Å². The van der Waals surface area contributed by atoms with E-state index in [4.69, 9.17) is 9.47 Å². The van der Waals surface area contributed by atoms with Crippen LogP contribution in [0, 0.1) is 0 Å². The quantitative estimate of drug-likeness (QED) is 0.788. The minimum atomic E-state index is -0.420. The Morgan fingerprint density at radius 1 is 1.19 bits per heavy atom. The molecular formula is C19H28ClN3O4.